The Bertz CT molecular complexity index is 503. The zero-order valence-electron chi connectivity index (χ0n) is 12.1. The number of nitrogens with one attached hydrogen (secondary N) is 1. The second kappa shape index (κ2) is 7.00. The van der Waals surface area contributed by atoms with Crippen LogP contribution in [0.1, 0.15) is 12.0 Å². The van der Waals surface area contributed by atoms with E-state index in [9.17, 15) is 18.0 Å². The molecule has 1 heterocycles. The molecular weight excluding hydrogens is 297 g/mol. The van der Waals surface area contributed by atoms with Gasteiger partial charge in [-0.05, 0) is 36.6 Å². The Morgan fingerprint density at radius 1 is 1.32 bits per heavy atom. The highest BCUT2D eigenvalue weighted by molar-refractivity contribution is 5.78. The van der Waals surface area contributed by atoms with Crippen molar-refractivity contribution in [2.45, 2.75) is 19.0 Å². The Labute approximate surface area is 126 Å². The number of alkyl halides is 3. The minimum atomic E-state index is -4.17. The molecule has 22 heavy (non-hydrogen) atoms. The standard InChI is InChI=1S/C15H19F3N2O2/c16-15(17,18)10-20-6-5-12(9-20)8-19-14(22)7-11-1-3-13(21)4-2-11/h1-4,12,21H,5-10H2,(H,19,22)/t12-/m0/s1. The average molecular weight is 316 g/mol. The van der Waals surface area contributed by atoms with Gasteiger partial charge in [-0.1, -0.05) is 12.1 Å². The van der Waals surface area contributed by atoms with Crippen molar-refractivity contribution in [3.05, 3.63) is 29.8 Å². The lowest BCUT2D eigenvalue weighted by molar-refractivity contribution is -0.143. The summed E-state index contributed by atoms with van der Waals surface area (Å²) in [6.07, 6.45) is -3.31. The molecule has 0 unspecified atom stereocenters. The number of amides is 1. The number of rotatable bonds is 5. The molecule has 0 aromatic heterocycles. The van der Waals surface area contributed by atoms with Crippen LogP contribution in [0.4, 0.5) is 13.2 Å². The lowest BCUT2D eigenvalue weighted by Crippen LogP contribution is -2.35. The van der Waals surface area contributed by atoms with Crippen molar-refractivity contribution < 1.29 is 23.1 Å². The summed E-state index contributed by atoms with van der Waals surface area (Å²) in [6.45, 7) is 0.285. The predicted molar refractivity (Wildman–Crippen MR) is 75.4 cm³/mol. The first-order valence-corrected chi connectivity index (χ1v) is 7.15. The number of benzene rings is 1. The van der Waals surface area contributed by atoms with Crippen molar-refractivity contribution in [2.75, 3.05) is 26.2 Å². The monoisotopic (exact) mass is 316 g/mol. The van der Waals surface area contributed by atoms with E-state index < -0.39 is 12.7 Å². The van der Waals surface area contributed by atoms with Crippen LogP contribution in [0.3, 0.4) is 0 Å². The third-order valence-corrected chi connectivity index (χ3v) is 3.66. The highest BCUT2D eigenvalue weighted by atomic mass is 19.4. The molecule has 2 N–H and O–H groups in total. The largest absolute Gasteiger partial charge is 0.508 e. The van der Waals surface area contributed by atoms with Crippen LogP contribution in [0.15, 0.2) is 24.3 Å². The van der Waals surface area contributed by atoms with E-state index in [-0.39, 0.29) is 24.0 Å². The van der Waals surface area contributed by atoms with Gasteiger partial charge >= 0.3 is 6.18 Å². The summed E-state index contributed by atoms with van der Waals surface area (Å²) in [5, 5.41) is 11.9. The first-order chi connectivity index (χ1) is 10.3. The van der Waals surface area contributed by atoms with E-state index in [0.29, 0.717) is 26.1 Å². The van der Waals surface area contributed by atoms with Crippen molar-refractivity contribution in [1.29, 1.82) is 0 Å². The van der Waals surface area contributed by atoms with Crippen molar-refractivity contribution in [3.63, 3.8) is 0 Å². The molecule has 2 rings (SSSR count). The molecule has 1 aromatic rings. The van der Waals surface area contributed by atoms with Crippen LogP contribution in [0.5, 0.6) is 5.75 Å². The number of hydrogen-bond acceptors (Lipinski definition) is 3. The molecule has 1 aromatic carbocycles. The molecule has 0 bridgehead atoms. The minimum absolute atomic E-state index is 0.0612. The molecule has 7 heteroatoms. The molecule has 1 aliphatic heterocycles. The maximum Gasteiger partial charge on any atom is 0.401 e. The van der Waals surface area contributed by atoms with Crippen molar-refractivity contribution >= 4 is 5.91 Å². The van der Waals surface area contributed by atoms with E-state index in [2.05, 4.69) is 5.32 Å². The van der Waals surface area contributed by atoms with Gasteiger partial charge < -0.3 is 10.4 Å². The van der Waals surface area contributed by atoms with E-state index in [0.717, 1.165) is 5.56 Å². The van der Waals surface area contributed by atoms with Crippen LogP contribution in [0.2, 0.25) is 0 Å². The van der Waals surface area contributed by atoms with E-state index >= 15 is 0 Å². The number of phenols is 1. The second-order valence-corrected chi connectivity index (χ2v) is 5.65. The molecule has 0 aliphatic carbocycles. The Morgan fingerprint density at radius 3 is 2.64 bits per heavy atom. The number of likely N-dealkylation sites (tertiary alicyclic amines) is 1. The van der Waals surface area contributed by atoms with Crippen LogP contribution in [-0.4, -0.2) is 48.3 Å². The summed E-state index contributed by atoms with van der Waals surface area (Å²) < 4.78 is 36.9. The van der Waals surface area contributed by atoms with E-state index in [1.54, 1.807) is 12.1 Å². The summed E-state index contributed by atoms with van der Waals surface area (Å²) in [4.78, 5) is 13.2. The summed E-state index contributed by atoms with van der Waals surface area (Å²) in [5.41, 5.74) is 0.778. The average Bonchev–Trinajstić information content (AvgIpc) is 2.84. The quantitative estimate of drug-likeness (QED) is 0.873. The van der Waals surface area contributed by atoms with E-state index in [4.69, 9.17) is 5.11 Å². The number of aromatic hydroxyl groups is 1. The maximum atomic E-state index is 12.3. The maximum absolute atomic E-state index is 12.3. The number of phenolic OH excluding ortho intramolecular Hbond substituents is 1. The van der Waals surface area contributed by atoms with Gasteiger partial charge in [0.2, 0.25) is 5.91 Å². The fourth-order valence-corrected chi connectivity index (χ4v) is 2.60. The van der Waals surface area contributed by atoms with Gasteiger partial charge in [0, 0.05) is 13.1 Å². The Balaban J connectivity index is 1.70. The van der Waals surface area contributed by atoms with Crippen molar-refractivity contribution in [1.82, 2.24) is 10.2 Å². The van der Waals surface area contributed by atoms with Crippen molar-refractivity contribution in [2.24, 2.45) is 5.92 Å². The van der Waals surface area contributed by atoms with Crippen LogP contribution >= 0.6 is 0 Å². The molecule has 122 valence electrons. The highest BCUT2D eigenvalue weighted by Crippen LogP contribution is 2.22. The number of hydrogen-bond donors (Lipinski definition) is 2. The van der Waals surface area contributed by atoms with Crippen LogP contribution < -0.4 is 5.32 Å². The number of halogens is 3. The summed E-state index contributed by atoms with van der Waals surface area (Å²) in [6, 6.07) is 6.34. The molecular formula is C15H19F3N2O2. The third-order valence-electron chi connectivity index (χ3n) is 3.66. The topological polar surface area (TPSA) is 52.6 Å². The first kappa shape index (κ1) is 16.6. The molecule has 4 nitrogen and oxygen atoms in total. The first-order valence-electron chi connectivity index (χ1n) is 7.15. The number of carbonyl (C=O) groups is 1. The van der Waals surface area contributed by atoms with Crippen LogP contribution in [0, 0.1) is 5.92 Å². The summed E-state index contributed by atoms with van der Waals surface area (Å²) >= 11 is 0. The smallest absolute Gasteiger partial charge is 0.401 e. The Hall–Kier alpha value is -1.76. The van der Waals surface area contributed by atoms with E-state index in [1.165, 1.54) is 17.0 Å². The molecule has 1 amide bonds. The molecule has 0 saturated carbocycles. The van der Waals surface area contributed by atoms with Gasteiger partial charge in [0.15, 0.2) is 0 Å². The second-order valence-electron chi connectivity index (χ2n) is 5.65. The highest BCUT2D eigenvalue weighted by Gasteiger charge is 2.34. The molecule has 1 atom stereocenters. The Kier molecular flexibility index (Phi) is 5.28. The van der Waals surface area contributed by atoms with Gasteiger partial charge in [-0.15, -0.1) is 0 Å². The van der Waals surface area contributed by atoms with Gasteiger partial charge in [0.1, 0.15) is 5.75 Å². The van der Waals surface area contributed by atoms with Gasteiger partial charge in [-0.25, -0.2) is 0 Å². The lowest BCUT2D eigenvalue weighted by atomic mass is 10.1. The SMILES string of the molecule is O=C(Cc1ccc(O)cc1)NC[C@@H]1CCN(CC(F)(F)F)C1. The van der Waals surface area contributed by atoms with Gasteiger partial charge in [-0.3, -0.25) is 9.69 Å². The molecule has 1 saturated heterocycles. The van der Waals surface area contributed by atoms with Crippen molar-refractivity contribution in [3.8, 4) is 5.75 Å². The molecule has 0 spiro atoms. The lowest BCUT2D eigenvalue weighted by Gasteiger charge is -2.18. The zero-order chi connectivity index (χ0) is 16.2. The predicted octanol–water partition coefficient (Wildman–Crippen LogP) is 1.94. The van der Waals surface area contributed by atoms with Crippen LogP contribution in [0.25, 0.3) is 0 Å². The molecule has 1 fully saturated rings. The summed E-state index contributed by atoms with van der Waals surface area (Å²) in [5.74, 6) is 0.0333. The fourth-order valence-electron chi connectivity index (χ4n) is 2.60. The van der Waals surface area contributed by atoms with Gasteiger partial charge in [0.05, 0.1) is 13.0 Å². The fraction of sp³-hybridized carbons (Fsp3) is 0.533. The van der Waals surface area contributed by atoms with Crippen LogP contribution in [-0.2, 0) is 11.2 Å². The van der Waals surface area contributed by atoms with E-state index in [1.807, 2.05) is 0 Å². The molecule has 1 aliphatic rings. The number of nitrogens with zero attached hydrogens (tertiary/aromatic N) is 1. The molecule has 0 radical (unpaired) electrons. The minimum Gasteiger partial charge on any atom is -0.508 e. The van der Waals surface area contributed by atoms with Gasteiger partial charge in [0.25, 0.3) is 0 Å². The summed E-state index contributed by atoms with van der Waals surface area (Å²) in [7, 11) is 0. The number of carbonyl (C=O) groups excluding carboxylic acids is 1. The Morgan fingerprint density at radius 2 is 2.00 bits per heavy atom. The zero-order valence-corrected chi connectivity index (χ0v) is 12.1. The van der Waals surface area contributed by atoms with Gasteiger partial charge in [-0.2, -0.15) is 13.2 Å². The normalized spacial score (nSPS) is 19.3. The third kappa shape index (κ3) is 5.55.